The van der Waals surface area contributed by atoms with E-state index < -0.39 is 8.46 Å². The Balaban J connectivity index is 2.43. The van der Waals surface area contributed by atoms with Gasteiger partial charge in [-0.2, -0.15) is 0 Å². The molecule has 1 aliphatic rings. The van der Waals surface area contributed by atoms with E-state index in [1.165, 1.54) is 4.88 Å². The van der Waals surface area contributed by atoms with Crippen molar-refractivity contribution in [3.05, 3.63) is 40.0 Å². The zero-order valence-corrected chi connectivity index (χ0v) is 9.86. The summed E-state index contributed by atoms with van der Waals surface area (Å²) in [6, 6.07) is 4.03. The van der Waals surface area contributed by atoms with Gasteiger partial charge in [0, 0.05) is 9.78 Å². The van der Waals surface area contributed by atoms with E-state index in [4.69, 9.17) is 0 Å². The van der Waals surface area contributed by atoms with Crippen LogP contribution >= 0.6 is 34.6 Å². The number of carbonyl (C=O) groups is 1. The third-order valence-electron chi connectivity index (χ3n) is 1.77. The van der Waals surface area contributed by atoms with Crippen molar-refractivity contribution in [1.29, 1.82) is 0 Å². The van der Waals surface area contributed by atoms with E-state index in [9.17, 15) is 4.79 Å². The fourth-order valence-corrected chi connectivity index (χ4v) is 5.19. The summed E-state index contributed by atoms with van der Waals surface area (Å²) in [7, 11) is -1.48. The third-order valence-corrected chi connectivity index (χ3v) is 6.81. The Bertz CT molecular complexity index is 380. The van der Waals surface area contributed by atoms with Gasteiger partial charge in [-0.15, -0.1) is 11.3 Å². The molecule has 0 saturated carbocycles. The van der Waals surface area contributed by atoms with Crippen LogP contribution in [0.4, 0.5) is 0 Å². The van der Waals surface area contributed by atoms with E-state index >= 15 is 0 Å². The lowest BCUT2D eigenvalue weighted by Crippen LogP contribution is -1.87. The second-order valence-corrected chi connectivity index (χ2v) is 8.88. The Hall–Kier alpha value is -0.320. The summed E-state index contributed by atoms with van der Waals surface area (Å²) in [5.41, 5.74) is 1.00. The van der Waals surface area contributed by atoms with Crippen molar-refractivity contribution < 1.29 is 4.79 Å². The maximum atomic E-state index is 10.9. The maximum Gasteiger partial charge on any atom is 0.176 e. The molecule has 0 aromatic carbocycles. The fraction of sp³-hybridized carbons (Fsp3) is 0. The zero-order valence-electron chi connectivity index (χ0n) is 6.64. The van der Waals surface area contributed by atoms with Gasteiger partial charge in [-0.1, -0.05) is 20.6 Å². The van der Waals surface area contributed by atoms with Crippen LogP contribution in [0.5, 0.6) is 0 Å². The van der Waals surface area contributed by atoms with Gasteiger partial charge in [0.1, 0.15) is 0 Å². The van der Waals surface area contributed by atoms with Crippen LogP contribution < -0.4 is 0 Å². The van der Waals surface area contributed by atoms with Gasteiger partial charge >= 0.3 is 0 Å². The highest BCUT2D eigenvalue weighted by molar-refractivity contribution is 9.62. The minimum Gasteiger partial charge on any atom is -0.291 e. The lowest BCUT2D eigenvalue weighted by Gasteiger charge is -2.21. The van der Waals surface area contributed by atoms with Crippen LogP contribution in [0.25, 0.3) is 4.91 Å². The van der Waals surface area contributed by atoms with Crippen LogP contribution in [-0.2, 0) is 4.79 Å². The largest absolute Gasteiger partial charge is 0.291 e. The molecule has 2 rings (SSSR count). The predicted octanol–water partition coefficient (Wildman–Crippen LogP) is 3.92. The molecular formula is C9H7BrOS2. The molecule has 0 saturated heterocycles. The first-order valence-electron chi connectivity index (χ1n) is 3.67. The minimum absolute atomic E-state index is 1.00. The van der Waals surface area contributed by atoms with Crippen molar-refractivity contribution in [2.45, 2.75) is 0 Å². The smallest absolute Gasteiger partial charge is 0.176 e. The number of halogens is 1. The van der Waals surface area contributed by atoms with Gasteiger partial charge in [-0.3, -0.25) is 4.79 Å². The van der Waals surface area contributed by atoms with Gasteiger partial charge in [0.2, 0.25) is 0 Å². The first-order valence-corrected chi connectivity index (χ1v) is 8.15. The number of allylic oxidation sites excluding steroid dienone is 2. The van der Waals surface area contributed by atoms with Crippen LogP contribution in [0.15, 0.2) is 35.1 Å². The maximum absolute atomic E-state index is 10.9. The molecule has 0 radical (unpaired) electrons. The number of hydrogen-bond acceptors (Lipinski definition) is 2. The molecule has 1 nitrogen and oxygen atoms in total. The van der Waals surface area contributed by atoms with Crippen molar-refractivity contribution in [2.75, 3.05) is 0 Å². The molecule has 2 heterocycles. The molecule has 0 aliphatic carbocycles. The van der Waals surface area contributed by atoms with Crippen molar-refractivity contribution in [1.82, 2.24) is 0 Å². The molecule has 0 spiro atoms. The minimum atomic E-state index is -1.48. The van der Waals surface area contributed by atoms with E-state index in [1.807, 2.05) is 35.1 Å². The molecule has 13 heavy (non-hydrogen) atoms. The van der Waals surface area contributed by atoms with E-state index in [2.05, 4.69) is 14.8 Å². The Kier molecular flexibility index (Phi) is 2.45. The van der Waals surface area contributed by atoms with E-state index in [0.29, 0.717) is 0 Å². The summed E-state index contributed by atoms with van der Waals surface area (Å²) >= 11 is 5.16. The molecule has 68 valence electrons. The summed E-state index contributed by atoms with van der Waals surface area (Å²) in [6.45, 7) is 0. The van der Waals surface area contributed by atoms with Gasteiger partial charge in [0.25, 0.3) is 0 Å². The van der Waals surface area contributed by atoms with Crippen molar-refractivity contribution in [3.63, 3.8) is 0 Å². The number of carbonyl (C=O) groups excluding carboxylic acids is 1. The Morgan fingerprint density at radius 1 is 1.54 bits per heavy atom. The standard InChI is InChI=1S/C9H7BrOS2/c10-13(7-11)6-2-4-9(13)8-3-1-5-12-8/h1-7H. The molecule has 4 heteroatoms. The average molecular weight is 275 g/mol. The van der Waals surface area contributed by atoms with Crippen LogP contribution in [0.1, 0.15) is 4.88 Å². The van der Waals surface area contributed by atoms with Gasteiger partial charge < -0.3 is 0 Å². The molecule has 1 unspecified atom stereocenters. The summed E-state index contributed by atoms with van der Waals surface area (Å²) in [5, 5.41) is 3.96. The Morgan fingerprint density at radius 3 is 3.00 bits per heavy atom. The molecule has 1 aromatic heterocycles. The first kappa shape index (κ1) is 9.24. The first-order chi connectivity index (χ1) is 6.26. The normalized spacial score (nSPS) is 31.0. The quantitative estimate of drug-likeness (QED) is 0.748. The molecule has 0 amide bonds. The van der Waals surface area contributed by atoms with E-state index in [1.54, 1.807) is 11.3 Å². The van der Waals surface area contributed by atoms with E-state index in [-0.39, 0.29) is 0 Å². The van der Waals surface area contributed by atoms with Gasteiger partial charge in [-0.25, -0.2) is 0 Å². The summed E-state index contributed by atoms with van der Waals surface area (Å²) in [6.07, 6.45) is 3.94. The van der Waals surface area contributed by atoms with Crippen LogP contribution in [0.3, 0.4) is 0 Å². The Labute approximate surface area is 89.7 Å². The van der Waals surface area contributed by atoms with Crippen molar-refractivity contribution in [2.24, 2.45) is 0 Å². The van der Waals surface area contributed by atoms with Gasteiger partial charge in [0.15, 0.2) is 5.62 Å². The lowest BCUT2D eigenvalue weighted by molar-refractivity contribution is 0.570. The topological polar surface area (TPSA) is 17.1 Å². The Morgan fingerprint density at radius 2 is 2.38 bits per heavy atom. The van der Waals surface area contributed by atoms with Crippen molar-refractivity contribution in [3.8, 4) is 0 Å². The highest BCUT2D eigenvalue weighted by atomic mass is 79.9. The second-order valence-electron chi connectivity index (χ2n) is 2.56. The highest BCUT2D eigenvalue weighted by Gasteiger charge is 2.26. The third kappa shape index (κ3) is 1.54. The number of hydrogen-bond donors (Lipinski definition) is 0. The van der Waals surface area contributed by atoms with Gasteiger partial charge in [0.05, 0.1) is 0 Å². The van der Waals surface area contributed by atoms with Crippen LogP contribution in [0.2, 0.25) is 0 Å². The molecule has 0 bridgehead atoms. The van der Waals surface area contributed by atoms with E-state index in [0.717, 1.165) is 10.5 Å². The van der Waals surface area contributed by atoms with Crippen LogP contribution in [0, 0.1) is 0 Å². The second kappa shape index (κ2) is 3.44. The zero-order chi connectivity index (χ0) is 9.31. The SMILES string of the molecule is O=CS1(Br)C=CC=C1c1cccs1. The molecule has 0 fully saturated rings. The molecule has 1 atom stereocenters. The highest BCUT2D eigenvalue weighted by Crippen LogP contribution is 2.67. The molecule has 0 N–H and O–H groups in total. The fourth-order valence-electron chi connectivity index (χ4n) is 1.16. The number of thiophene rings is 1. The molecule has 1 aromatic rings. The molecular weight excluding hydrogens is 268 g/mol. The average Bonchev–Trinajstić information content (AvgIpc) is 2.73. The van der Waals surface area contributed by atoms with Crippen molar-refractivity contribution >= 4 is 45.1 Å². The monoisotopic (exact) mass is 274 g/mol. The number of rotatable bonds is 2. The van der Waals surface area contributed by atoms with Gasteiger partial charge in [-0.05, 0) is 37.7 Å². The predicted molar refractivity (Wildman–Crippen MR) is 64.7 cm³/mol. The lowest BCUT2D eigenvalue weighted by atomic mass is 10.4. The summed E-state index contributed by atoms with van der Waals surface area (Å²) in [4.78, 5) is 13.2. The summed E-state index contributed by atoms with van der Waals surface area (Å²) < 4.78 is 0. The van der Waals surface area contributed by atoms with Crippen LogP contribution in [-0.4, -0.2) is 5.62 Å². The summed E-state index contributed by atoms with van der Waals surface area (Å²) in [5.74, 6) is 0. The molecule has 1 aliphatic heterocycles.